The molecule has 6 nitrogen and oxygen atoms in total. The van der Waals surface area contributed by atoms with E-state index in [-0.39, 0.29) is 35.5 Å². The Kier molecular flexibility index (Phi) is 7.17. The van der Waals surface area contributed by atoms with E-state index in [1.165, 1.54) is 10.5 Å². The number of hydrogen-bond acceptors (Lipinski definition) is 5. The average molecular weight is 516 g/mol. The van der Waals surface area contributed by atoms with Crippen molar-refractivity contribution in [3.63, 3.8) is 0 Å². The quantitative estimate of drug-likeness (QED) is 0.329. The molecular formula is C25H31BBrNO5. The third kappa shape index (κ3) is 4.70. The van der Waals surface area contributed by atoms with E-state index < -0.39 is 13.0 Å². The molecule has 0 radical (unpaired) electrons. The minimum Gasteiger partial charge on any atom is -0.507 e. The topological polar surface area (TPSA) is 87.1 Å². The molecule has 0 unspecified atom stereocenters. The first-order valence-electron chi connectivity index (χ1n) is 11.7. The number of benzene rings is 1. The normalized spacial score (nSPS) is 27.8. The molecule has 2 aliphatic heterocycles. The molecule has 3 aliphatic rings. The highest BCUT2D eigenvalue weighted by Gasteiger charge is 2.55. The molecule has 4 rings (SSSR count). The Morgan fingerprint density at radius 1 is 1.27 bits per heavy atom. The number of carbonyl (C=O) groups excluding carboxylic acids is 2. The monoisotopic (exact) mass is 515 g/mol. The Morgan fingerprint density at radius 3 is 2.76 bits per heavy atom. The van der Waals surface area contributed by atoms with Gasteiger partial charge in [0.1, 0.15) is 5.75 Å². The van der Waals surface area contributed by atoms with Crippen LogP contribution < -0.4 is 0 Å². The minimum atomic E-state index is -0.947. The molecule has 2 amide bonds. The second-order valence-corrected chi connectivity index (χ2v) is 10.4. The number of carbonyl (C=O) groups is 2. The lowest BCUT2D eigenvalue weighted by Crippen LogP contribution is -2.45. The average Bonchev–Trinajstić information content (AvgIpc) is 2.98. The van der Waals surface area contributed by atoms with Crippen molar-refractivity contribution in [2.75, 3.05) is 7.05 Å². The highest BCUT2D eigenvalue weighted by Crippen LogP contribution is 2.50. The van der Waals surface area contributed by atoms with Gasteiger partial charge >= 0.3 is 7.12 Å². The fourth-order valence-electron chi connectivity index (χ4n) is 5.85. The molecule has 33 heavy (non-hydrogen) atoms. The number of halogens is 1. The number of hydrogen-bond donors (Lipinski definition) is 2. The molecule has 2 saturated heterocycles. The zero-order valence-corrected chi connectivity index (χ0v) is 21.0. The van der Waals surface area contributed by atoms with E-state index in [4.69, 9.17) is 4.65 Å². The second-order valence-electron chi connectivity index (χ2n) is 9.52. The molecule has 2 N–H and O–H groups in total. The number of imide groups is 1. The first-order chi connectivity index (χ1) is 15.7. The number of fused-ring (bicyclic) bond motifs is 3. The summed E-state index contributed by atoms with van der Waals surface area (Å²) in [6, 6.07) is 5.38. The van der Waals surface area contributed by atoms with Crippen LogP contribution in [0.25, 0.3) is 6.08 Å². The van der Waals surface area contributed by atoms with Crippen molar-refractivity contribution in [2.24, 2.45) is 17.8 Å². The Hall–Kier alpha value is -1.90. The lowest BCUT2D eigenvalue weighted by molar-refractivity contribution is -0.138. The van der Waals surface area contributed by atoms with Crippen molar-refractivity contribution in [1.82, 2.24) is 4.90 Å². The lowest BCUT2D eigenvalue weighted by Gasteiger charge is -2.42. The van der Waals surface area contributed by atoms with Gasteiger partial charge in [-0.15, -0.1) is 0 Å². The van der Waals surface area contributed by atoms with E-state index in [1.54, 1.807) is 13.1 Å². The van der Waals surface area contributed by atoms with Crippen LogP contribution in [0.15, 0.2) is 39.4 Å². The predicted octanol–water partition coefficient (Wildman–Crippen LogP) is 4.57. The zero-order chi connectivity index (χ0) is 23.9. The van der Waals surface area contributed by atoms with Crippen molar-refractivity contribution >= 4 is 40.9 Å². The van der Waals surface area contributed by atoms with Crippen molar-refractivity contribution < 1.29 is 24.4 Å². The molecule has 2 heterocycles. The van der Waals surface area contributed by atoms with Gasteiger partial charge in [-0.3, -0.25) is 14.5 Å². The highest BCUT2D eigenvalue weighted by molar-refractivity contribution is 9.10. The van der Waals surface area contributed by atoms with Gasteiger partial charge in [0.15, 0.2) is 0 Å². The lowest BCUT2D eigenvalue weighted by atomic mass is 9.58. The van der Waals surface area contributed by atoms with E-state index in [0.29, 0.717) is 19.2 Å². The Balaban J connectivity index is 1.58. The van der Waals surface area contributed by atoms with Crippen LogP contribution in [-0.2, 0) is 14.2 Å². The number of phenols is 1. The molecule has 1 aromatic rings. The number of likely N-dealkylation sites (tertiary alicyclic amines) is 1. The van der Waals surface area contributed by atoms with Crippen LogP contribution in [-0.4, -0.2) is 47.1 Å². The van der Waals surface area contributed by atoms with Gasteiger partial charge in [-0.05, 0) is 68.6 Å². The highest BCUT2D eigenvalue weighted by atomic mass is 79.9. The Morgan fingerprint density at radius 2 is 2.03 bits per heavy atom. The molecule has 8 heteroatoms. The van der Waals surface area contributed by atoms with Gasteiger partial charge < -0.3 is 14.8 Å². The van der Waals surface area contributed by atoms with Crippen LogP contribution in [0, 0.1) is 17.8 Å². The number of allylic oxidation sites excluding steroid dienone is 2. The van der Waals surface area contributed by atoms with Crippen LogP contribution in [0.2, 0.25) is 6.32 Å². The largest absolute Gasteiger partial charge is 0.507 e. The summed E-state index contributed by atoms with van der Waals surface area (Å²) in [6.45, 7) is 4.16. The Labute approximate surface area is 204 Å². The molecule has 0 aromatic heterocycles. The standard InChI is InChI=1S/C25H31BBrNO5/c1-4-5-15(11-16-12-17(27)7-8-20(16)29)6-9-21-22-14(2)10-18-23(19(22)13-26(32)33-21)25(31)28(3)24(18)30/h7-8,11-12,18-19,21,23,29,32H,4-6,9-10,13H2,1-3H3/b15-11+/t18-,19+,21-,23-/m1/s1. The maximum absolute atomic E-state index is 12.9. The maximum Gasteiger partial charge on any atom is 0.455 e. The number of phenolic OH excluding ortho intramolecular Hbond substituents is 1. The molecule has 0 spiro atoms. The van der Waals surface area contributed by atoms with E-state index in [9.17, 15) is 19.7 Å². The van der Waals surface area contributed by atoms with Crippen LogP contribution in [0.4, 0.5) is 0 Å². The third-order valence-corrected chi connectivity index (χ3v) is 7.81. The van der Waals surface area contributed by atoms with Crippen LogP contribution >= 0.6 is 15.9 Å². The fraction of sp³-hybridized carbons (Fsp3) is 0.520. The SMILES string of the molecule is CCC/C(=C\c1cc(Br)ccc1O)CC[C@H]1OB(O)C[C@H]2C1=C(C)C[C@H]1C(=O)N(C)C(=O)[C@H]12. The maximum atomic E-state index is 12.9. The van der Waals surface area contributed by atoms with E-state index in [0.717, 1.165) is 40.4 Å². The summed E-state index contributed by atoms with van der Waals surface area (Å²) < 4.78 is 6.89. The van der Waals surface area contributed by atoms with Gasteiger partial charge in [-0.1, -0.05) is 46.5 Å². The molecule has 176 valence electrons. The first-order valence-corrected chi connectivity index (χ1v) is 12.5. The molecule has 1 aliphatic carbocycles. The van der Waals surface area contributed by atoms with Gasteiger partial charge in [-0.2, -0.15) is 0 Å². The third-order valence-electron chi connectivity index (χ3n) is 7.32. The summed E-state index contributed by atoms with van der Waals surface area (Å²) in [7, 11) is 0.613. The van der Waals surface area contributed by atoms with Gasteiger partial charge in [0.2, 0.25) is 11.8 Å². The molecule has 2 fully saturated rings. The number of amides is 2. The summed E-state index contributed by atoms with van der Waals surface area (Å²) >= 11 is 3.46. The van der Waals surface area contributed by atoms with E-state index >= 15 is 0 Å². The molecule has 0 saturated carbocycles. The molecule has 1 aromatic carbocycles. The summed E-state index contributed by atoms with van der Waals surface area (Å²) in [5.74, 6) is -0.885. The molecule has 0 bridgehead atoms. The number of nitrogens with zero attached hydrogens (tertiary/aromatic N) is 1. The smallest absolute Gasteiger partial charge is 0.455 e. The molecule has 4 atom stereocenters. The Bertz CT molecular complexity index is 1020. The second kappa shape index (κ2) is 9.76. The van der Waals surface area contributed by atoms with Gasteiger partial charge in [0.25, 0.3) is 0 Å². The van der Waals surface area contributed by atoms with E-state index in [2.05, 4.69) is 22.9 Å². The van der Waals surface area contributed by atoms with E-state index in [1.807, 2.05) is 25.1 Å². The van der Waals surface area contributed by atoms with Gasteiger partial charge in [0.05, 0.1) is 17.9 Å². The van der Waals surface area contributed by atoms with Crippen LogP contribution in [0.5, 0.6) is 5.75 Å². The molecular weight excluding hydrogens is 485 g/mol. The van der Waals surface area contributed by atoms with Crippen LogP contribution in [0.1, 0.15) is 51.5 Å². The summed E-state index contributed by atoms with van der Waals surface area (Å²) in [4.78, 5) is 26.7. The number of aromatic hydroxyl groups is 1. The first kappa shape index (κ1) is 24.2. The summed E-state index contributed by atoms with van der Waals surface area (Å²) in [5, 5.41) is 20.8. The van der Waals surface area contributed by atoms with Crippen molar-refractivity contribution in [3.8, 4) is 5.75 Å². The summed E-state index contributed by atoms with van der Waals surface area (Å²) in [6.07, 6.45) is 5.97. The summed E-state index contributed by atoms with van der Waals surface area (Å²) in [5.41, 5.74) is 4.17. The van der Waals surface area contributed by atoms with Crippen molar-refractivity contribution in [3.05, 3.63) is 45.0 Å². The van der Waals surface area contributed by atoms with Gasteiger partial charge in [0, 0.05) is 17.1 Å². The van der Waals surface area contributed by atoms with Crippen molar-refractivity contribution in [1.29, 1.82) is 0 Å². The fourth-order valence-corrected chi connectivity index (χ4v) is 6.22. The van der Waals surface area contributed by atoms with Crippen LogP contribution in [0.3, 0.4) is 0 Å². The predicted molar refractivity (Wildman–Crippen MR) is 131 cm³/mol. The van der Waals surface area contributed by atoms with Gasteiger partial charge in [-0.25, -0.2) is 0 Å². The zero-order valence-electron chi connectivity index (χ0n) is 19.4. The number of rotatable bonds is 6. The minimum absolute atomic E-state index is 0.108. The van der Waals surface area contributed by atoms with Crippen molar-refractivity contribution in [2.45, 2.75) is 58.4 Å².